The van der Waals surface area contributed by atoms with E-state index in [9.17, 15) is 14.4 Å². The van der Waals surface area contributed by atoms with Gasteiger partial charge in [-0.25, -0.2) is 4.68 Å². The van der Waals surface area contributed by atoms with Gasteiger partial charge in [-0.2, -0.15) is 4.57 Å². The van der Waals surface area contributed by atoms with Crippen molar-refractivity contribution in [1.82, 2.24) is 14.7 Å². The first kappa shape index (κ1) is 22.5. The molecule has 1 aliphatic heterocycles. The van der Waals surface area contributed by atoms with Crippen molar-refractivity contribution in [3.05, 3.63) is 81.5 Å². The third kappa shape index (κ3) is 3.84. The van der Waals surface area contributed by atoms with Crippen molar-refractivity contribution in [1.29, 1.82) is 0 Å². The van der Waals surface area contributed by atoms with Crippen LogP contribution in [-0.2, 0) is 16.0 Å². The molecule has 2 aromatic heterocycles. The number of aryl methyl sites for hydroxylation is 3. The zero-order valence-electron chi connectivity index (χ0n) is 19.7. The number of carbonyl (C=O) groups is 2. The van der Waals surface area contributed by atoms with Crippen LogP contribution >= 0.6 is 0 Å². The highest BCUT2D eigenvalue weighted by Crippen LogP contribution is 2.31. The molecule has 0 atom stereocenters. The molecule has 0 unspecified atom stereocenters. The van der Waals surface area contributed by atoms with E-state index in [-0.39, 0.29) is 40.8 Å². The van der Waals surface area contributed by atoms with E-state index < -0.39 is 5.91 Å². The van der Waals surface area contributed by atoms with Crippen molar-refractivity contribution in [3.63, 3.8) is 0 Å². The molecule has 0 radical (unpaired) electrons. The zero-order chi connectivity index (χ0) is 23.9. The summed E-state index contributed by atoms with van der Waals surface area (Å²) in [7, 11) is 0. The Labute approximate surface area is 193 Å². The minimum atomic E-state index is -0.430. The van der Waals surface area contributed by atoms with E-state index in [0.29, 0.717) is 17.8 Å². The molecule has 7 nitrogen and oxygen atoms in total. The number of nitrogens with zero attached hydrogens (tertiary/aromatic N) is 3. The lowest BCUT2D eigenvalue weighted by Gasteiger charge is -2.16. The molecule has 0 spiro atoms. The van der Waals surface area contributed by atoms with E-state index >= 15 is 0 Å². The van der Waals surface area contributed by atoms with Gasteiger partial charge in [0.1, 0.15) is 5.57 Å². The number of aromatic nitrogens is 3. The lowest BCUT2D eigenvalue weighted by atomic mass is 10.0. The number of benzene rings is 1. The Kier molecular flexibility index (Phi) is 5.89. The molecule has 0 saturated carbocycles. The lowest BCUT2D eigenvalue weighted by molar-refractivity contribution is -0.577. The summed E-state index contributed by atoms with van der Waals surface area (Å²) in [6.07, 6.45) is 4.11. The average Bonchev–Trinajstić information content (AvgIpc) is 3.24. The normalized spacial score (nSPS) is 14.2. The van der Waals surface area contributed by atoms with Crippen LogP contribution in [0.1, 0.15) is 43.2 Å². The molecule has 170 valence electrons. The highest BCUT2D eigenvalue weighted by Gasteiger charge is 2.47. The molecule has 0 bridgehead atoms. The predicted octanol–water partition coefficient (Wildman–Crippen LogP) is 3.03. The molecule has 3 heterocycles. The number of rotatable bonds is 6. The number of H-pyrrole nitrogens is 1. The summed E-state index contributed by atoms with van der Waals surface area (Å²) < 4.78 is 3.11. The zero-order valence-corrected chi connectivity index (χ0v) is 19.7. The first-order valence-electron chi connectivity index (χ1n) is 11.2. The van der Waals surface area contributed by atoms with Crippen molar-refractivity contribution in [3.8, 4) is 5.69 Å². The average molecular weight is 446 g/mol. The first-order valence-corrected chi connectivity index (χ1v) is 11.2. The van der Waals surface area contributed by atoms with Crippen molar-refractivity contribution in [2.75, 3.05) is 6.54 Å². The molecule has 1 aromatic carbocycles. The summed E-state index contributed by atoms with van der Waals surface area (Å²) in [4.78, 5) is 42.0. The van der Waals surface area contributed by atoms with Gasteiger partial charge in [0.25, 0.3) is 17.2 Å². The summed E-state index contributed by atoms with van der Waals surface area (Å²) in [6, 6.07) is 11.1. The van der Waals surface area contributed by atoms with Gasteiger partial charge in [-0.3, -0.25) is 24.4 Å². The van der Waals surface area contributed by atoms with Crippen LogP contribution in [0.25, 0.3) is 17.0 Å². The van der Waals surface area contributed by atoms with E-state index in [1.165, 1.54) is 9.58 Å². The summed E-state index contributed by atoms with van der Waals surface area (Å²) in [5.41, 5.74) is 3.63. The molecular formula is C26H29N4O3+. The number of carbonyl (C=O) groups excluding carboxylic acids is 2. The Hall–Kier alpha value is -3.74. The number of para-hydroxylation sites is 1. The Balaban J connectivity index is 2.01. The van der Waals surface area contributed by atoms with Crippen molar-refractivity contribution in [2.24, 2.45) is 5.92 Å². The van der Waals surface area contributed by atoms with Crippen LogP contribution in [0.2, 0.25) is 0 Å². The number of imide groups is 1. The van der Waals surface area contributed by atoms with Gasteiger partial charge in [0.2, 0.25) is 0 Å². The molecule has 0 aliphatic carbocycles. The van der Waals surface area contributed by atoms with Crippen LogP contribution in [0.5, 0.6) is 0 Å². The van der Waals surface area contributed by atoms with Gasteiger partial charge < -0.3 is 0 Å². The smallest absolute Gasteiger partial charge is 0.294 e. The van der Waals surface area contributed by atoms with Crippen molar-refractivity contribution >= 4 is 23.1 Å². The summed E-state index contributed by atoms with van der Waals surface area (Å²) in [6.45, 7) is 10.1. The molecule has 4 rings (SSSR count). The van der Waals surface area contributed by atoms with Crippen LogP contribution in [0, 0.1) is 19.8 Å². The molecule has 2 amide bonds. The van der Waals surface area contributed by atoms with Gasteiger partial charge >= 0.3 is 5.91 Å². The summed E-state index contributed by atoms with van der Waals surface area (Å²) >= 11 is 0. The van der Waals surface area contributed by atoms with Gasteiger partial charge in [-0.05, 0) is 43.9 Å². The fraction of sp³-hybridized carbons (Fsp3) is 0.308. The Morgan fingerprint density at radius 2 is 1.67 bits per heavy atom. The Morgan fingerprint density at radius 1 is 0.970 bits per heavy atom. The molecule has 1 N–H and O–H groups in total. The maximum atomic E-state index is 13.6. The minimum Gasteiger partial charge on any atom is -0.294 e. The summed E-state index contributed by atoms with van der Waals surface area (Å²) in [5.74, 6) is -0.715. The van der Waals surface area contributed by atoms with E-state index in [0.717, 1.165) is 11.1 Å². The molecule has 1 aliphatic rings. The highest BCUT2D eigenvalue weighted by atomic mass is 16.2. The van der Waals surface area contributed by atoms with Crippen LogP contribution in [0.4, 0.5) is 0 Å². The van der Waals surface area contributed by atoms with Crippen LogP contribution in [-0.4, -0.2) is 33.0 Å². The topological polar surface area (TPSA) is 79.1 Å². The molecule has 33 heavy (non-hydrogen) atoms. The standard InChI is InChI=1S/C26H28N4O3/c1-6-20-21(25(32)30(27-20)19-10-8-7-9-11-19)22-23(28-13-12-17(4)18(5)15-28)26(33)29(24(22)31)14-16(2)3/h7-13,15-16H,6,14H2,1-5H3/p+1. The first-order chi connectivity index (χ1) is 15.7. The second-order valence-electron chi connectivity index (χ2n) is 8.85. The predicted molar refractivity (Wildman–Crippen MR) is 127 cm³/mol. The maximum absolute atomic E-state index is 13.6. The third-order valence-electron chi connectivity index (χ3n) is 5.97. The quantitative estimate of drug-likeness (QED) is 0.468. The van der Waals surface area contributed by atoms with E-state index in [1.54, 1.807) is 10.8 Å². The fourth-order valence-corrected chi connectivity index (χ4v) is 4.13. The molecule has 0 saturated heterocycles. The van der Waals surface area contributed by atoms with Gasteiger partial charge in [0.05, 0.1) is 11.3 Å². The maximum Gasteiger partial charge on any atom is 0.326 e. The molecule has 7 heteroatoms. The second-order valence-corrected chi connectivity index (χ2v) is 8.85. The SMILES string of the molecule is CCc1[nH]n(-c2ccccc2)c(=O)c1C1=C([n+]2ccc(C)c(C)c2)C(=O)N(CC(C)C)C1=O. The van der Waals surface area contributed by atoms with Gasteiger partial charge in [-0.1, -0.05) is 39.0 Å². The highest BCUT2D eigenvalue weighted by molar-refractivity contribution is 6.44. The number of amides is 2. The molecule has 0 fully saturated rings. The van der Waals surface area contributed by atoms with Crippen LogP contribution in [0.15, 0.2) is 53.6 Å². The van der Waals surface area contributed by atoms with Gasteiger partial charge in [0.15, 0.2) is 12.4 Å². The second kappa shape index (κ2) is 8.65. The van der Waals surface area contributed by atoms with Gasteiger partial charge in [0, 0.05) is 23.9 Å². The number of aromatic amines is 1. The molecular weight excluding hydrogens is 416 g/mol. The molecule has 3 aromatic rings. The van der Waals surface area contributed by atoms with E-state index in [1.807, 2.05) is 77.2 Å². The lowest BCUT2D eigenvalue weighted by Crippen LogP contribution is -2.41. The third-order valence-corrected chi connectivity index (χ3v) is 5.97. The van der Waals surface area contributed by atoms with Gasteiger partial charge in [-0.15, -0.1) is 0 Å². The Bertz CT molecular complexity index is 1330. The van der Waals surface area contributed by atoms with Crippen LogP contribution in [0.3, 0.4) is 0 Å². The number of nitrogens with one attached hydrogen (secondary N) is 1. The number of pyridine rings is 1. The number of hydrogen-bond donors (Lipinski definition) is 1. The number of hydrogen-bond acceptors (Lipinski definition) is 3. The Morgan fingerprint density at radius 3 is 2.27 bits per heavy atom. The minimum absolute atomic E-state index is 0.0982. The van der Waals surface area contributed by atoms with Crippen molar-refractivity contribution in [2.45, 2.75) is 41.0 Å². The van der Waals surface area contributed by atoms with Crippen molar-refractivity contribution < 1.29 is 14.2 Å². The summed E-state index contributed by atoms with van der Waals surface area (Å²) in [5, 5.41) is 3.16. The fourth-order valence-electron chi connectivity index (χ4n) is 4.13. The van der Waals surface area contributed by atoms with E-state index in [2.05, 4.69) is 5.10 Å². The largest absolute Gasteiger partial charge is 0.326 e. The van der Waals surface area contributed by atoms with E-state index in [4.69, 9.17) is 0 Å². The monoisotopic (exact) mass is 445 g/mol. The van der Waals surface area contributed by atoms with Crippen LogP contribution < -0.4 is 10.1 Å².